The first-order valence-electron chi connectivity index (χ1n) is 9.06. The molecule has 0 atom stereocenters. The van der Waals surface area contributed by atoms with Gasteiger partial charge in [-0.3, -0.25) is 25.8 Å². The second kappa shape index (κ2) is 9.19. The lowest BCUT2D eigenvalue weighted by molar-refractivity contribution is -0.383. The van der Waals surface area contributed by atoms with E-state index in [-0.39, 0.29) is 17.3 Å². The van der Waals surface area contributed by atoms with Crippen LogP contribution in [0.1, 0.15) is 22.8 Å². The van der Waals surface area contributed by atoms with Gasteiger partial charge in [-0.25, -0.2) is 9.97 Å². The predicted octanol–water partition coefficient (Wildman–Crippen LogP) is 4.26. The first kappa shape index (κ1) is 21.0. The van der Waals surface area contributed by atoms with Gasteiger partial charge in [-0.2, -0.15) is 0 Å². The van der Waals surface area contributed by atoms with Crippen LogP contribution in [-0.4, -0.2) is 27.3 Å². The quantitative estimate of drug-likeness (QED) is 0.428. The highest BCUT2D eigenvalue weighted by Crippen LogP contribution is 2.35. The summed E-state index contributed by atoms with van der Waals surface area (Å²) in [7, 11) is 0. The minimum absolute atomic E-state index is 0.117. The highest BCUT2D eigenvalue weighted by atomic mass is 35.5. The number of halogens is 1. The fourth-order valence-electron chi connectivity index (χ4n) is 2.87. The van der Waals surface area contributed by atoms with Crippen LogP contribution in [-0.2, 0) is 0 Å². The molecule has 0 saturated carbocycles. The van der Waals surface area contributed by atoms with Crippen molar-refractivity contribution in [1.29, 1.82) is 0 Å². The van der Waals surface area contributed by atoms with Gasteiger partial charge < -0.3 is 4.90 Å². The van der Waals surface area contributed by atoms with E-state index < -0.39 is 10.8 Å². The molecule has 1 aromatic heterocycles. The molecule has 0 bridgehead atoms. The van der Waals surface area contributed by atoms with Crippen LogP contribution >= 0.6 is 11.6 Å². The van der Waals surface area contributed by atoms with Gasteiger partial charge in [0, 0.05) is 22.8 Å². The summed E-state index contributed by atoms with van der Waals surface area (Å²) in [6.07, 6.45) is 1.21. The zero-order valence-corrected chi connectivity index (χ0v) is 17.1. The van der Waals surface area contributed by atoms with Crippen molar-refractivity contribution < 1.29 is 9.72 Å². The van der Waals surface area contributed by atoms with E-state index in [1.54, 1.807) is 17.0 Å². The maximum absolute atomic E-state index is 12.3. The second-order valence-electron chi connectivity index (χ2n) is 6.32. The Morgan fingerprint density at radius 2 is 1.93 bits per heavy atom. The number of hydrogen-bond acceptors (Lipinski definition) is 7. The summed E-state index contributed by atoms with van der Waals surface area (Å²) in [4.78, 5) is 33.4. The Kier molecular flexibility index (Phi) is 6.43. The van der Waals surface area contributed by atoms with Gasteiger partial charge in [-0.1, -0.05) is 23.7 Å². The monoisotopic (exact) mass is 426 g/mol. The van der Waals surface area contributed by atoms with E-state index in [9.17, 15) is 14.9 Å². The Hall–Kier alpha value is -3.72. The molecule has 0 unspecified atom stereocenters. The van der Waals surface area contributed by atoms with Gasteiger partial charge in [0.1, 0.15) is 6.33 Å². The number of hydrazine groups is 1. The van der Waals surface area contributed by atoms with Crippen LogP contribution in [0.15, 0.2) is 54.9 Å². The van der Waals surface area contributed by atoms with Crippen molar-refractivity contribution >= 4 is 40.5 Å². The van der Waals surface area contributed by atoms with Crippen LogP contribution in [0, 0.1) is 17.0 Å². The molecule has 10 heteroatoms. The topological polar surface area (TPSA) is 113 Å². The van der Waals surface area contributed by atoms with Crippen LogP contribution in [0.3, 0.4) is 0 Å². The van der Waals surface area contributed by atoms with E-state index in [4.69, 9.17) is 11.6 Å². The molecular formula is C20H19ClN6O3. The van der Waals surface area contributed by atoms with Crippen LogP contribution in [0.4, 0.5) is 23.0 Å². The van der Waals surface area contributed by atoms with E-state index >= 15 is 0 Å². The Bertz CT molecular complexity index is 1070. The zero-order valence-electron chi connectivity index (χ0n) is 16.3. The van der Waals surface area contributed by atoms with Crippen molar-refractivity contribution in [3.05, 3.63) is 81.1 Å². The molecule has 154 valence electrons. The lowest BCUT2D eigenvalue weighted by Gasteiger charge is -2.22. The highest BCUT2D eigenvalue weighted by Gasteiger charge is 2.27. The number of nitrogens with zero attached hydrogens (tertiary/aromatic N) is 4. The number of nitro groups is 1. The van der Waals surface area contributed by atoms with Gasteiger partial charge in [-0.05, 0) is 55.8 Å². The predicted molar refractivity (Wildman–Crippen MR) is 115 cm³/mol. The van der Waals surface area contributed by atoms with Crippen molar-refractivity contribution in [1.82, 2.24) is 15.4 Å². The minimum atomic E-state index is -0.579. The van der Waals surface area contributed by atoms with Crippen molar-refractivity contribution in [2.45, 2.75) is 13.8 Å². The summed E-state index contributed by atoms with van der Waals surface area (Å²) in [5, 5.41) is 12.3. The smallest absolute Gasteiger partial charge is 0.321 e. The van der Waals surface area contributed by atoms with E-state index in [0.29, 0.717) is 17.1 Å². The van der Waals surface area contributed by atoms with Crippen LogP contribution in [0.2, 0.25) is 5.02 Å². The van der Waals surface area contributed by atoms with Crippen molar-refractivity contribution in [3.8, 4) is 0 Å². The van der Waals surface area contributed by atoms with Gasteiger partial charge in [0.2, 0.25) is 11.6 Å². The van der Waals surface area contributed by atoms with Gasteiger partial charge in [0.25, 0.3) is 5.91 Å². The molecule has 30 heavy (non-hydrogen) atoms. The molecule has 2 aromatic carbocycles. The molecule has 0 radical (unpaired) electrons. The Morgan fingerprint density at radius 1 is 1.20 bits per heavy atom. The number of aryl methyl sites for hydroxylation is 1. The summed E-state index contributed by atoms with van der Waals surface area (Å²) in [5.41, 5.74) is 6.71. The average Bonchev–Trinajstić information content (AvgIpc) is 2.73. The molecule has 0 spiro atoms. The SMILES string of the molecule is CCN(c1cccc(C)c1)c1ncnc(NNC(=O)c2ccc(Cl)cc2)c1[N+](=O)[O-]. The maximum atomic E-state index is 12.3. The van der Waals surface area contributed by atoms with Crippen LogP contribution < -0.4 is 15.8 Å². The number of rotatable bonds is 7. The highest BCUT2D eigenvalue weighted by molar-refractivity contribution is 6.30. The average molecular weight is 427 g/mol. The summed E-state index contributed by atoms with van der Waals surface area (Å²) in [6.45, 7) is 4.24. The molecule has 0 aliphatic rings. The molecule has 3 aromatic rings. The number of nitrogens with one attached hydrogen (secondary N) is 2. The molecule has 1 amide bonds. The van der Waals surface area contributed by atoms with Crippen molar-refractivity contribution in [3.63, 3.8) is 0 Å². The molecule has 3 rings (SSSR count). The van der Waals surface area contributed by atoms with Gasteiger partial charge in [-0.15, -0.1) is 0 Å². The van der Waals surface area contributed by atoms with Gasteiger partial charge in [0.05, 0.1) is 4.92 Å². The summed E-state index contributed by atoms with van der Waals surface area (Å²) in [6, 6.07) is 13.8. The molecule has 0 saturated heterocycles. The number of carbonyl (C=O) groups is 1. The molecule has 2 N–H and O–H groups in total. The molecule has 0 aliphatic carbocycles. The van der Waals surface area contributed by atoms with E-state index in [2.05, 4.69) is 20.8 Å². The molecule has 0 aliphatic heterocycles. The summed E-state index contributed by atoms with van der Waals surface area (Å²) >= 11 is 5.82. The Morgan fingerprint density at radius 3 is 2.57 bits per heavy atom. The third kappa shape index (κ3) is 4.64. The summed E-state index contributed by atoms with van der Waals surface area (Å²) < 4.78 is 0. The fraction of sp³-hybridized carbons (Fsp3) is 0.150. The van der Waals surface area contributed by atoms with Gasteiger partial charge >= 0.3 is 5.69 Å². The third-order valence-electron chi connectivity index (χ3n) is 4.27. The number of amides is 1. The number of aromatic nitrogens is 2. The number of anilines is 3. The Balaban J connectivity index is 1.91. The van der Waals surface area contributed by atoms with Crippen molar-refractivity contribution in [2.24, 2.45) is 0 Å². The van der Waals surface area contributed by atoms with E-state index in [0.717, 1.165) is 11.3 Å². The first-order valence-corrected chi connectivity index (χ1v) is 9.44. The van der Waals surface area contributed by atoms with Gasteiger partial charge in [0.15, 0.2) is 0 Å². The van der Waals surface area contributed by atoms with Crippen molar-refractivity contribution in [2.75, 3.05) is 16.9 Å². The fourth-order valence-corrected chi connectivity index (χ4v) is 2.99. The standard InChI is InChI=1S/C20H19ClN6O3/c1-3-26(16-6-4-5-13(2)11-16)19-17(27(29)30)18(22-12-23-19)24-25-20(28)14-7-9-15(21)10-8-14/h4-12H,3H2,1-2H3,(H,25,28)(H,22,23,24). The van der Waals surface area contributed by atoms with Crippen LogP contribution in [0.25, 0.3) is 0 Å². The summed E-state index contributed by atoms with van der Waals surface area (Å²) in [5.74, 6) is -0.503. The normalized spacial score (nSPS) is 10.4. The third-order valence-corrected chi connectivity index (χ3v) is 4.52. The maximum Gasteiger partial charge on any atom is 0.355 e. The minimum Gasteiger partial charge on any atom is -0.321 e. The largest absolute Gasteiger partial charge is 0.355 e. The first-order chi connectivity index (χ1) is 14.4. The lowest BCUT2D eigenvalue weighted by Crippen LogP contribution is -2.30. The number of hydrogen-bond donors (Lipinski definition) is 2. The second-order valence-corrected chi connectivity index (χ2v) is 6.76. The van der Waals surface area contributed by atoms with E-state index in [1.807, 2.05) is 38.1 Å². The molecular weight excluding hydrogens is 408 g/mol. The Labute approximate surface area is 177 Å². The van der Waals surface area contributed by atoms with Crippen LogP contribution in [0.5, 0.6) is 0 Å². The zero-order chi connectivity index (χ0) is 21.7. The molecule has 1 heterocycles. The number of carbonyl (C=O) groups excluding carboxylic acids is 1. The molecule has 0 fully saturated rings. The number of benzene rings is 2. The van der Waals surface area contributed by atoms with E-state index in [1.165, 1.54) is 18.5 Å². The molecule has 9 nitrogen and oxygen atoms in total. The lowest BCUT2D eigenvalue weighted by atomic mass is 10.2.